The van der Waals surface area contributed by atoms with Crippen LogP contribution >= 0.6 is 0 Å². The molecule has 0 aliphatic carbocycles. The van der Waals surface area contributed by atoms with E-state index in [2.05, 4.69) is 30.5 Å². The summed E-state index contributed by atoms with van der Waals surface area (Å²) in [7, 11) is 0. The number of fused-ring (bicyclic) bond motifs is 1. The van der Waals surface area contributed by atoms with Gasteiger partial charge in [-0.2, -0.15) is 0 Å². The number of amides is 2. The molecule has 1 aliphatic heterocycles. The number of carbonyl (C=O) groups excluding carboxylic acids is 2. The summed E-state index contributed by atoms with van der Waals surface area (Å²) in [5.41, 5.74) is 2.33. The molecule has 0 radical (unpaired) electrons. The summed E-state index contributed by atoms with van der Waals surface area (Å²) in [6.45, 7) is 1.83. The SMILES string of the molecule is O=C(NC(CCc1nnco1)C(=O)N1CCOCC1)Oc1ccc2[nH]c(-c3ccncc3)nc2c1. The highest BCUT2D eigenvalue weighted by Gasteiger charge is 2.28. The van der Waals surface area contributed by atoms with Crippen LogP contribution in [-0.2, 0) is 16.0 Å². The van der Waals surface area contributed by atoms with Crippen molar-refractivity contribution >= 4 is 23.0 Å². The Labute approximate surface area is 199 Å². The summed E-state index contributed by atoms with van der Waals surface area (Å²) >= 11 is 0. The molecule has 0 spiro atoms. The highest BCUT2D eigenvalue weighted by atomic mass is 16.6. The monoisotopic (exact) mass is 477 g/mol. The van der Waals surface area contributed by atoms with Crippen LogP contribution in [0.3, 0.4) is 0 Å². The Morgan fingerprint density at radius 3 is 2.77 bits per heavy atom. The van der Waals surface area contributed by atoms with E-state index in [1.54, 1.807) is 35.5 Å². The number of aromatic nitrogens is 5. The standard InChI is InChI=1S/C23H23N7O5/c31-22(30-9-11-33-12-10-30)18(3-4-20-29-25-14-34-20)28-23(32)35-16-1-2-17-19(13-16)27-21(26-17)15-5-7-24-8-6-15/h1-2,5-8,13-14,18H,3-4,9-12H2,(H,26,27)(H,28,32). The maximum atomic E-state index is 13.1. The molecule has 4 heterocycles. The largest absolute Gasteiger partial charge is 0.428 e. The van der Waals surface area contributed by atoms with E-state index in [-0.39, 0.29) is 12.3 Å². The first-order chi connectivity index (χ1) is 17.2. The van der Waals surface area contributed by atoms with Crippen molar-refractivity contribution in [3.63, 3.8) is 0 Å². The van der Waals surface area contributed by atoms with Crippen LogP contribution in [0.5, 0.6) is 5.75 Å². The second-order valence-corrected chi connectivity index (χ2v) is 7.90. The van der Waals surface area contributed by atoms with Crippen molar-refractivity contribution in [3.05, 3.63) is 55.0 Å². The molecule has 1 fully saturated rings. The van der Waals surface area contributed by atoms with Crippen LogP contribution in [0.15, 0.2) is 53.5 Å². The van der Waals surface area contributed by atoms with Crippen molar-refractivity contribution < 1.29 is 23.5 Å². The van der Waals surface area contributed by atoms with E-state index in [0.717, 1.165) is 11.1 Å². The van der Waals surface area contributed by atoms with E-state index in [1.165, 1.54) is 6.39 Å². The number of morpholine rings is 1. The minimum Gasteiger partial charge on any atom is -0.428 e. The van der Waals surface area contributed by atoms with E-state index in [1.807, 2.05) is 12.1 Å². The Balaban J connectivity index is 1.27. The number of hydrogen-bond donors (Lipinski definition) is 2. The summed E-state index contributed by atoms with van der Waals surface area (Å²) in [6.07, 6.45) is 4.47. The molecule has 1 aliphatic rings. The summed E-state index contributed by atoms with van der Waals surface area (Å²) in [6, 6.07) is 7.98. The highest BCUT2D eigenvalue weighted by molar-refractivity contribution is 5.87. The van der Waals surface area contributed by atoms with E-state index >= 15 is 0 Å². The molecule has 4 aromatic rings. The number of nitrogens with zero attached hydrogens (tertiary/aromatic N) is 5. The summed E-state index contributed by atoms with van der Waals surface area (Å²) in [5.74, 6) is 1.15. The molecule has 2 amide bonds. The third-order valence-electron chi connectivity index (χ3n) is 5.58. The lowest BCUT2D eigenvalue weighted by molar-refractivity contribution is -0.137. The molecule has 2 N–H and O–H groups in total. The van der Waals surface area contributed by atoms with Gasteiger partial charge in [0, 0.05) is 43.5 Å². The number of hydrogen-bond acceptors (Lipinski definition) is 9. The first kappa shape index (κ1) is 22.5. The smallest absolute Gasteiger partial charge is 0.413 e. The van der Waals surface area contributed by atoms with Crippen LogP contribution < -0.4 is 10.1 Å². The third-order valence-corrected chi connectivity index (χ3v) is 5.58. The Kier molecular flexibility index (Phi) is 6.61. The number of aryl methyl sites for hydroxylation is 1. The van der Waals surface area contributed by atoms with Gasteiger partial charge in [0.25, 0.3) is 0 Å². The van der Waals surface area contributed by atoms with Gasteiger partial charge in [0.15, 0.2) is 0 Å². The number of aromatic amines is 1. The normalized spacial score (nSPS) is 14.6. The summed E-state index contributed by atoms with van der Waals surface area (Å²) < 4.78 is 16.0. The Hall–Kier alpha value is -4.32. The number of ether oxygens (including phenoxy) is 2. The highest BCUT2D eigenvalue weighted by Crippen LogP contribution is 2.23. The molecule has 12 nitrogen and oxygen atoms in total. The van der Waals surface area contributed by atoms with Crippen LogP contribution in [-0.4, -0.2) is 74.4 Å². The molecule has 12 heteroatoms. The van der Waals surface area contributed by atoms with E-state index in [9.17, 15) is 9.59 Å². The van der Waals surface area contributed by atoms with Crippen LogP contribution in [0, 0.1) is 0 Å². The second-order valence-electron chi connectivity index (χ2n) is 7.90. The van der Waals surface area contributed by atoms with Crippen molar-refractivity contribution in [1.29, 1.82) is 0 Å². The van der Waals surface area contributed by atoms with Gasteiger partial charge in [-0.3, -0.25) is 9.78 Å². The minimum absolute atomic E-state index is 0.213. The third kappa shape index (κ3) is 5.44. The molecule has 0 saturated carbocycles. The Morgan fingerprint density at radius 1 is 1.17 bits per heavy atom. The van der Waals surface area contributed by atoms with Gasteiger partial charge in [0.2, 0.25) is 18.2 Å². The lowest BCUT2D eigenvalue weighted by atomic mass is 10.1. The summed E-state index contributed by atoms with van der Waals surface area (Å²) in [4.78, 5) is 39.3. The van der Waals surface area contributed by atoms with Gasteiger partial charge in [-0.1, -0.05) is 0 Å². The van der Waals surface area contributed by atoms with Crippen molar-refractivity contribution in [2.45, 2.75) is 18.9 Å². The molecule has 0 bridgehead atoms. The van der Waals surface area contributed by atoms with Crippen molar-refractivity contribution in [3.8, 4) is 17.1 Å². The fourth-order valence-corrected chi connectivity index (χ4v) is 3.81. The second kappa shape index (κ2) is 10.3. The van der Waals surface area contributed by atoms with Gasteiger partial charge >= 0.3 is 6.09 Å². The average Bonchev–Trinajstić information content (AvgIpc) is 3.57. The predicted octanol–water partition coefficient (Wildman–Crippen LogP) is 1.96. The Morgan fingerprint density at radius 2 is 2.00 bits per heavy atom. The van der Waals surface area contributed by atoms with Gasteiger partial charge in [0.05, 0.1) is 24.2 Å². The molecular weight excluding hydrogens is 454 g/mol. The number of benzene rings is 1. The quantitative estimate of drug-likeness (QED) is 0.407. The fourth-order valence-electron chi connectivity index (χ4n) is 3.81. The number of carbonyl (C=O) groups is 2. The van der Waals surface area contributed by atoms with Gasteiger partial charge < -0.3 is 29.1 Å². The zero-order valence-electron chi connectivity index (χ0n) is 18.7. The number of H-pyrrole nitrogens is 1. The molecule has 1 aromatic carbocycles. The maximum absolute atomic E-state index is 13.1. The van der Waals surface area contributed by atoms with Crippen LogP contribution in [0.25, 0.3) is 22.4 Å². The zero-order chi connectivity index (χ0) is 24.0. The predicted molar refractivity (Wildman–Crippen MR) is 122 cm³/mol. The van der Waals surface area contributed by atoms with Gasteiger partial charge in [-0.25, -0.2) is 9.78 Å². The van der Waals surface area contributed by atoms with E-state index in [0.29, 0.717) is 55.7 Å². The van der Waals surface area contributed by atoms with Gasteiger partial charge in [-0.05, 0) is 30.7 Å². The Bertz CT molecular complexity index is 1290. The van der Waals surface area contributed by atoms with Crippen molar-refractivity contribution in [2.24, 2.45) is 0 Å². The molecule has 3 aromatic heterocycles. The lowest BCUT2D eigenvalue weighted by Gasteiger charge is -2.30. The number of imidazole rings is 1. The van der Waals surface area contributed by atoms with Crippen LogP contribution in [0.4, 0.5) is 4.79 Å². The van der Waals surface area contributed by atoms with Crippen molar-refractivity contribution in [2.75, 3.05) is 26.3 Å². The maximum Gasteiger partial charge on any atom is 0.413 e. The molecular formula is C23H23N7O5. The van der Waals surface area contributed by atoms with Crippen LogP contribution in [0.2, 0.25) is 0 Å². The van der Waals surface area contributed by atoms with E-state index in [4.69, 9.17) is 13.9 Å². The minimum atomic E-state index is -0.820. The number of nitrogens with one attached hydrogen (secondary N) is 2. The molecule has 180 valence electrons. The number of rotatable bonds is 7. The van der Waals surface area contributed by atoms with Crippen molar-refractivity contribution in [1.82, 2.24) is 35.4 Å². The summed E-state index contributed by atoms with van der Waals surface area (Å²) in [5, 5.41) is 10.2. The molecule has 35 heavy (non-hydrogen) atoms. The molecule has 1 saturated heterocycles. The zero-order valence-corrected chi connectivity index (χ0v) is 18.7. The fraction of sp³-hybridized carbons (Fsp3) is 0.304. The van der Waals surface area contributed by atoms with Gasteiger partial charge in [0.1, 0.15) is 17.6 Å². The molecule has 5 rings (SSSR count). The topological polar surface area (TPSA) is 148 Å². The first-order valence-electron chi connectivity index (χ1n) is 11.2. The lowest BCUT2D eigenvalue weighted by Crippen LogP contribution is -2.52. The van der Waals surface area contributed by atoms with Gasteiger partial charge in [-0.15, -0.1) is 10.2 Å². The molecule has 1 atom stereocenters. The average molecular weight is 477 g/mol. The molecule has 1 unspecified atom stereocenters. The van der Waals surface area contributed by atoms with E-state index < -0.39 is 12.1 Å². The first-order valence-corrected chi connectivity index (χ1v) is 11.2. The van der Waals surface area contributed by atoms with Crippen LogP contribution in [0.1, 0.15) is 12.3 Å². The number of pyridine rings is 1.